The van der Waals surface area contributed by atoms with Crippen molar-refractivity contribution in [3.8, 4) is 0 Å². The predicted octanol–water partition coefficient (Wildman–Crippen LogP) is 5.94. The molecular weight excluding hydrogens is 378 g/mol. The number of Topliss-reactive ketones (excluding diaryl/α,β-unsaturated/α-hetero) is 1. The van der Waals surface area contributed by atoms with Gasteiger partial charge in [0.2, 0.25) is 0 Å². The molecule has 1 unspecified atom stereocenters. The number of nitrogens with zero attached hydrogens (tertiary/aromatic N) is 1. The zero-order valence-corrected chi connectivity index (χ0v) is 20.4. The van der Waals surface area contributed by atoms with Crippen LogP contribution in [0.3, 0.4) is 0 Å². The van der Waals surface area contributed by atoms with E-state index in [1.54, 1.807) is 0 Å². The Morgan fingerprint density at radius 1 is 0.767 bits per heavy atom. The van der Waals surface area contributed by atoms with Gasteiger partial charge in [0, 0.05) is 19.9 Å². The van der Waals surface area contributed by atoms with Crippen LogP contribution in [0.15, 0.2) is 0 Å². The molecule has 0 rings (SSSR count). The number of likely N-dealkylation sites (N-methyl/N-ethyl adjacent to an activating group) is 1. The summed E-state index contributed by atoms with van der Waals surface area (Å²) in [5, 5.41) is 0. The largest absolute Gasteiger partial charge is 0.459 e. The number of hydrogen-bond acceptors (Lipinski definition) is 5. The maximum atomic E-state index is 11.9. The van der Waals surface area contributed by atoms with Crippen molar-refractivity contribution in [1.82, 2.24) is 4.90 Å². The van der Waals surface area contributed by atoms with E-state index in [-0.39, 0.29) is 31.1 Å². The number of hydrogen-bond donors (Lipinski definition) is 0. The molecule has 0 spiro atoms. The molecule has 30 heavy (non-hydrogen) atoms. The second-order valence-corrected chi connectivity index (χ2v) is 8.89. The van der Waals surface area contributed by atoms with Crippen LogP contribution < -0.4 is 0 Å². The first kappa shape index (κ1) is 29.1. The van der Waals surface area contributed by atoms with E-state index in [0.717, 1.165) is 12.8 Å². The molecule has 5 nitrogen and oxygen atoms in total. The quantitative estimate of drug-likeness (QED) is 0.158. The van der Waals surface area contributed by atoms with Crippen LogP contribution in [0.5, 0.6) is 0 Å². The molecule has 5 heteroatoms. The average molecular weight is 428 g/mol. The fraction of sp³-hybridized carbons (Fsp3) is 0.920. The van der Waals surface area contributed by atoms with Gasteiger partial charge in [-0.25, -0.2) is 0 Å². The summed E-state index contributed by atoms with van der Waals surface area (Å²) in [5.41, 5.74) is 0. The third-order valence-corrected chi connectivity index (χ3v) is 5.28. The zero-order valence-electron chi connectivity index (χ0n) is 20.4. The Morgan fingerprint density at radius 3 is 1.67 bits per heavy atom. The van der Waals surface area contributed by atoms with Crippen LogP contribution in [0.4, 0.5) is 0 Å². The van der Waals surface area contributed by atoms with Crippen LogP contribution in [-0.2, 0) is 19.1 Å². The molecule has 0 aliphatic rings. The van der Waals surface area contributed by atoms with Gasteiger partial charge in [0.25, 0.3) is 0 Å². The van der Waals surface area contributed by atoms with Crippen molar-refractivity contribution in [3.63, 3.8) is 0 Å². The van der Waals surface area contributed by atoms with Gasteiger partial charge in [-0.2, -0.15) is 0 Å². The Morgan fingerprint density at radius 2 is 1.23 bits per heavy atom. The van der Waals surface area contributed by atoms with E-state index in [1.807, 2.05) is 19.0 Å². The lowest BCUT2D eigenvalue weighted by molar-refractivity contribution is -0.150. The van der Waals surface area contributed by atoms with Gasteiger partial charge in [-0.05, 0) is 20.5 Å². The summed E-state index contributed by atoms with van der Waals surface area (Å²) < 4.78 is 10.7. The molecule has 0 saturated heterocycles. The van der Waals surface area contributed by atoms with Gasteiger partial charge in [-0.15, -0.1) is 0 Å². The van der Waals surface area contributed by atoms with Gasteiger partial charge in [0.05, 0.1) is 6.61 Å². The van der Waals surface area contributed by atoms with Gasteiger partial charge in [0.15, 0.2) is 5.78 Å². The minimum atomic E-state index is -0.327. The summed E-state index contributed by atoms with van der Waals surface area (Å²) in [6, 6.07) is 0. The molecule has 0 bridgehead atoms. The number of ether oxygens (including phenoxy) is 2. The summed E-state index contributed by atoms with van der Waals surface area (Å²) in [6.07, 6.45) is 18.7. The van der Waals surface area contributed by atoms with Gasteiger partial charge < -0.3 is 14.4 Å². The fourth-order valence-corrected chi connectivity index (χ4v) is 3.66. The molecule has 0 saturated carbocycles. The van der Waals surface area contributed by atoms with Crippen molar-refractivity contribution in [2.75, 3.05) is 33.9 Å². The molecule has 0 N–H and O–H groups in total. The summed E-state index contributed by atoms with van der Waals surface area (Å²) in [4.78, 5) is 25.0. The highest BCUT2D eigenvalue weighted by atomic mass is 16.6. The highest BCUT2D eigenvalue weighted by Crippen LogP contribution is 2.13. The van der Waals surface area contributed by atoms with Crippen molar-refractivity contribution in [2.24, 2.45) is 0 Å². The molecule has 0 amide bonds. The van der Waals surface area contributed by atoms with Crippen molar-refractivity contribution in [1.29, 1.82) is 0 Å². The van der Waals surface area contributed by atoms with Crippen LogP contribution in [0.1, 0.15) is 110 Å². The number of unbranched alkanes of at least 4 members (excludes halogenated alkanes) is 13. The molecule has 0 aliphatic carbocycles. The monoisotopic (exact) mass is 427 g/mol. The van der Waals surface area contributed by atoms with Crippen molar-refractivity contribution in [2.45, 2.75) is 116 Å². The van der Waals surface area contributed by atoms with Gasteiger partial charge in [0.1, 0.15) is 12.7 Å². The Kier molecular flexibility index (Phi) is 20.6. The first-order valence-electron chi connectivity index (χ1n) is 12.4. The minimum Gasteiger partial charge on any atom is -0.459 e. The molecular formula is C25H49NO4. The lowest BCUT2D eigenvalue weighted by Gasteiger charge is -2.20. The van der Waals surface area contributed by atoms with E-state index < -0.39 is 0 Å². The van der Waals surface area contributed by atoms with Crippen molar-refractivity contribution in [3.05, 3.63) is 0 Å². The lowest BCUT2D eigenvalue weighted by Crippen LogP contribution is -2.34. The summed E-state index contributed by atoms with van der Waals surface area (Å²) in [7, 11) is 3.83. The van der Waals surface area contributed by atoms with Gasteiger partial charge >= 0.3 is 5.97 Å². The molecule has 0 radical (unpaired) electrons. The van der Waals surface area contributed by atoms with E-state index in [2.05, 4.69) is 6.92 Å². The van der Waals surface area contributed by atoms with Gasteiger partial charge in [-0.3, -0.25) is 9.59 Å². The smallest absolute Gasteiger partial charge is 0.303 e. The van der Waals surface area contributed by atoms with Gasteiger partial charge in [-0.1, -0.05) is 90.4 Å². The minimum absolute atomic E-state index is 0.115. The topological polar surface area (TPSA) is 55.8 Å². The number of esters is 1. The number of carbonyl (C=O) groups excluding carboxylic acids is 2. The summed E-state index contributed by atoms with van der Waals surface area (Å²) in [6.45, 7) is 4.63. The molecule has 0 aromatic heterocycles. The normalized spacial score (nSPS) is 12.3. The predicted molar refractivity (Wildman–Crippen MR) is 125 cm³/mol. The van der Waals surface area contributed by atoms with Crippen LogP contribution in [0, 0.1) is 0 Å². The third kappa shape index (κ3) is 21.8. The van der Waals surface area contributed by atoms with Crippen molar-refractivity contribution >= 4 is 11.8 Å². The lowest BCUT2D eigenvalue weighted by atomic mass is 10.0. The third-order valence-electron chi connectivity index (χ3n) is 5.28. The Bertz CT molecular complexity index is 412. The highest BCUT2D eigenvalue weighted by molar-refractivity contribution is 5.79. The van der Waals surface area contributed by atoms with E-state index in [1.165, 1.54) is 84.0 Å². The average Bonchev–Trinajstić information content (AvgIpc) is 2.67. The van der Waals surface area contributed by atoms with Crippen molar-refractivity contribution < 1.29 is 19.1 Å². The number of carbonyl (C=O) groups is 2. The molecule has 0 aromatic carbocycles. The Hall–Kier alpha value is -0.940. The van der Waals surface area contributed by atoms with Crippen LogP contribution in [-0.4, -0.2) is 56.6 Å². The summed E-state index contributed by atoms with van der Waals surface area (Å²) >= 11 is 0. The Labute approximate surface area is 186 Å². The fourth-order valence-electron chi connectivity index (χ4n) is 3.66. The van der Waals surface area contributed by atoms with Crippen LogP contribution in [0.25, 0.3) is 0 Å². The summed E-state index contributed by atoms with van der Waals surface area (Å²) in [5.74, 6) is -0.181. The Balaban J connectivity index is 3.45. The zero-order chi connectivity index (χ0) is 22.5. The molecule has 178 valence electrons. The second kappa shape index (κ2) is 21.3. The molecule has 0 aromatic rings. The first-order chi connectivity index (χ1) is 14.5. The second-order valence-electron chi connectivity index (χ2n) is 8.89. The molecule has 0 heterocycles. The van der Waals surface area contributed by atoms with Crippen LogP contribution >= 0.6 is 0 Å². The van der Waals surface area contributed by atoms with E-state index in [9.17, 15) is 9.59 Å². The maximum Gasteiger partial charge on any atom is 0.303 e. The van der Waals surface area contributed by atoms with E-state index >= 15 is 0 Å². The first-order valence-corrected chi connectivity index (χ1v) is 12.4. The van der Waals surface area contributed by atoms with E-state index in [0.29, 0.717) is 13.0 Å². The molecule has 0 aliphatic heterocycles. The standard InChI is InChI=1S/C25H49NO4/c1-5-6-7-8-9-10-11-12-13-14-15-16-17-18-19-24(28)21-29-22-25(20-26(3)4)30-23(2)27/h25H,5-22H2,1-4H3. The SMILES string of the molecule is CCCCCCCCCCCCCCCCC(=O)COCC(CN(C)C)OC(C)=O. The molecule has 1 atom stereocenters. The maximum absolute atomic E-state index is 11.9. The number of ketones is 1. The highest BCUT2D eigenvalue weighted by Gasteiger charge is 2.14. The number of rotatable bonds is 22. The molecule has 0 fully saturated rings. The van der Waals surface area contributed by atoms with E-state index in [4.69, 9.17) is 9.47 Å². The van der Waals surface area contributed by atoms with Crippen LogP contribution in [0.2, 0.25) is 0 Å².